The summed E-state index contributed by atoms with van der Waals surface area (Å²) in [5.41, 5.74) is 1.46. The van der Waals surface area contributed by atoms with E-state index in [0.717, 1.165) is 18.6 Å². The third-order valence-electron chi connectivity index (χ3n) is 4.42. The molecule has 2 nitrogen and oxygen atoms in total. The highest BCUT2D eigenvalue weighted by molar-refractivity contribution is 5.16. The van der Waals surface area contributed by atoms with Crippen molar-refractivity contribution in [3.63, 3.8) is 0 Å². The number of hydrogen-bond acceptors (Lipinski definition) is 2. The quantitative estimate of drug-likeness (QED) is 0.858. The van der Waals surface area contributed by atoms with Crippen molar-refractivity contribution in [2.75, 3.05) is 6.54 Å². The van der Waals surface area contributed by atoms with Gasteiger partial charge in [0.2, 0.25) is 0 Å². The van der Waals surface area contributed by atoms with E-state index >= 15 is 0 Å². The molecule has 2 saturated heterocycles. The van der Waals surface area contributed by atoms with Crippen LogP contribution < -0.4 is 5.32 Å². The van der Waals surface area contributed by atoms with Gasteiger partial charge in [0.15, 0.2) is 0 Å². The van der Waals surface area contributed by atoms with E-state index in [2.05, 4.69) is 47.5 Å². The molecule has 17 heavy (non-hydrogen) atoms. The van der Waals surface area contributed by atoms with Crippen molar-refractivity contribution in [1.29, 1.82) is 0 Å². The molecule has 2 aliphatic rings. The lowest BCUT2D eigenvalue weighted by atomic mass is 10.0. The number of nitrogens with zero attached hydrogens (tertiary/aromatic N) is 1. The van der Waals surface area contributed by atoms with Gasteiger partial charge in [-0.25, -0.2) is 0 Å². The largest absolute Gasteiger partial charge is 0.311 e. The van der Waals surface area contributed by atoms with Gasteiger partial charge in [-0.3, -0.25) is 4.90 Å². The van der Waals surface area contributed by atoms with Gasteiger partial charge >= 0.3 is 0 Å². The third kappa shape index (κ3) is 2.12. The highest BCUT2D eigenvalue weighted by Crippen LogP contribution is 2.32. The summed E-state index contributed by atoms with van der Waals surface area (Å²) in [6, 6.07) is 13.1. The smallest absolute Gasteiger partial charge is 0.0256 e. The van der Waals surface area contributed by atoms with E-state index in [1.807, 2.05) is 0 Å². The van der Waals surface area contributed by atoms with E-state index in [1.165, 1.54) is 31.4 Å². The summed E-state index contributed by atoms with van der Waals surface area (Å²) in [6.07, 6.45) is 4.01. The zero-order valence-electron chi connectivity index (χ0n) is 10.6. The summed E-state index contributed by atoms with van der Waals surface area (Å²) in [7, 11) is 0. The van der Waals surface area contributed by atoms with Crippen LogP contribution in [0.25, 0.3) is 0 Å². The van der Waals surface area contributed by atoms with Gasteiger partial charge in [-0.15, -0.1) is 0 Å². The molecule has 2 heterocycles. The number of fused-ring (bicyclic) bond motifs is 2. The Morgan fingerprint density at radius 1 is 1.24 bits per heavy atom. The summed E-state index contributed by atoms with van der Waals surface area (Å²) in [5.74, 6) is 0. The van der Waals surface area contributed by atoms with E-state index < -0.39 is 0 Å². The average molecular weight is 230 g/mol. The maximum Gasteiger partial charge on any atom is 0.0256 e. The van der Waals surface area contributed by atoms with Crippen molar-refractivity contribution in [1.82, 2.24) is 10.2 Å². The van der Waals surface area contributed by atoms with Crippen LogP contribution in [0.5, 0.6) is 0 Å². The molecule has 2 aliphatic heterocycles. The first kappa shape index (κ1) is 11.2. The molecule has 0 aliphatic carbocycles. The molecule has 0 unspecified atom stereocenters. The summed E-state index contributed by atoms with van der Waals surface area (Å²) in [4.78, 5) is 2.74. The van der Waals surface area contributed by atoms with E-state index in [0.29, 0.717) is 6.04 Å². The molecule has 0 radical (unpaired) electrons. The second-order valence-corrected chi connectivity index (χ2v) is 5.38. The van der Waals surface area contributed by atoms with Gasteiger partial charge < -0.3 is 5.32 Å². The lowest BCUT2D eigenvalue weighted by Gasteiger charge is -2.40. The molecule has 1 aromatic carbocycles. The Morgan fingerprint density at radius 2 is 2.06 bits per heavy atom. The van der Waals surface area contributed by atoms with Crippen molar-refractivity contribution >= 4 is 0 Å². The van der Waals surface area contributed by atoms with Crippen molar-refractivity contribution in [3.05, 3.63) is 35.9 Å². The summed E-state index contributed by atoms with van der Waals surface area (Å²) in [6.45, 7) is 4.62. The van der Waals surface area contributed by atoms with Crippen molar-refractivity contribution in [2.24, 2.45) is 0 Å². The molecule has 2 fully saturated rings. The fraction of sp³-hybridized carbons (Fsp3) is 0.600. The summed E-state index contributed by atoms with van der Waals surface area (Å²) in [5, 5.41) is 3.70. The molecule has 1 aromatic rings. The van der Waals surface area contributed by atoms with Gasteiger partial charge in [-0.1, -0.05) is 37.3 Å². The zero-order chi connectivity index (χ0) is 11.7. The van der Waals surface area contributed by atoms with Crippen molar-refractivity contribution < 1.29 is 0 Å². The topological polar surface area (TPSA) is 15.3 Å². The number of piperazine rings is 1. The predicted octanol–water partition coefficient (Wildman–Crippen LogP) is 2.40. The fourth-order valence-corrected chi connectivity index (χ4v) is 3.50. The van der Waals surface area contributed by atoms with Gasteiger partial charge in [0.05, 0.1) is 0 Å². The minimum Gasteiger partial charge on any atom is -0.311 e. The van der Waals surface area contributed by atoms with Crippen LogP contribution in [-0.2, 0) is 6.54 Å². The van der Waals surface area contributed by atoms with E-state index in [1.54, 1.807) is 0 Å². The molecule has 0 spiro atoms. The van der Waals surface area contributed by atoms with E-state index in [-0.39, 0.29) is 0 Å². The minimum absolute atomic E-state index is 0.706. The third-order valence-corrected chi connectivity index (χ3v) is 4.42. The highest BCUT2D eigenvalue weighted by atomic mass is 15.3. The second kappa shape index (κ2) is 4.79. The Hall–Kier alpha value is -0.860. The number of nitrogens with one attached hydrogen (secondary N) is 1. The highest BCUT2D eigenvalue weighted by Gasteiger charge is 2.40. The molecule has 0 amide bonds. The molecule has 1 N–H and O–H groups in total. The molecule has 92 valence electrons. The van der Waals surface area contributed by atoms with Gasteiger partial charge in [-0.2, -0.15) is 0 Å². The van der Waals surface area contributed by atoms with Crippen molar-refractivity contribution in [2.45, 2.75) is 50.9 Å². The van der Waals surface area contributed by atoms with Gasteiger partial charge in [0.25, 0.3) is 0 Å². The van der Waals surface area contributed by atoms with E-state index in [9.17, 15) is 0 Å². The lowest BCUT2D eigenvalue weighted by molar-refractivity contribution is 0.106. The second-order valence-electron chi connectivity index (χ2n) is 5.38. The van der Waals surface area contributed by atoms with Gasteiger partial charge in [-0.05, 0) is 24.8 Å². The van der Waals surface area contributed by atoms with Crippen LogP contribution in [0.3, 0.4) is 0 Å². The Bertz CT molecular complexity index is 362. The van der Waals surface area contributed by atoms with Crippen LogP contribution in [0.4, 0.5) is 0 Å². The van der Waals surface area contributed by atoms with Crippen LogP contribution in [0.2, 0.25) is 0 Å². The number of rotatable bonds is 3. The monoisotopic (exact) mass is 230 g/mol. The molecule has 2 heteroatoms. The average Bonchev–Trinajstić information content (AvgIpc) is 2.64. The molecule has 0 aromatic heterocycles. The van der Waals surface area contributed by atoms with E-state index in [4.69, 9.17) is 0 Å². The molecule has 2 bridgehead atoms. The SMILES string of the molecule is CC[C@H]1NC[C@@H]2CC[C@H]1N2Cc1ccccc1. The zero-order valence-corrected chi connectivity index (χ0v) is 10.6. The summed E-state index contributed by atoms with van der Waals surface area (Å²) < 4.78 is 0. The van der Waals surface area contributed by atoms with Crippen LogP contribution in [0.1, 0.15) is 31.7 Å². The Kier molecular flexibility index (Phi) is 3.17. The maximum atomic E-state index is 3.70. The number of benzene rings is 1. The molecule has 0 saturated carbocycles. The fourth-order valence-electron chi connectivity index (χ4n) is 3.50. The first-order valence-electron chi connectivity index (χ1n) is 6.91. The maximum absolute atomic E-state index is 3.70. The summed E-state index contributed by atoms with van der Waals surface area (Å²) >= 11 is 0. The molecular formula is C15H22N2. The van der Waals surface area contributed by atoms with Crippen LogP contribution in [-0.4, -0.2) is 29.6 Å². The van der Waals surface area contributed by atoms with Gasteiger partial charge in [0.1, 0.15) is 0 Å². The van der Waals surface area contributed by atoms with Crippen LogP contribution >= 0.6 is 0 Å². The Balaban J connectivity index is 1.75. The Labute approximate surface area is 104 Å². The normalized spacial score (nSPS) is 32.9. The first-order valence-corrected chi connectivity index (χ1v) is 6.91. The molecule has 3 atom stereocenters. The van der Waals surface area contributed by atoms with Crippen LogP contribution in [0, 0.1) is 0 Å². The molecular weight excluding hydrogens is 208 g/mol. The number of hydrogen-bond donors (Lipinski definition) is 1. The standard InChI is InChI=1S/C15H22N2/c1-2-14-15-9-8-13(10-16-14)17(15)11-12-6-4-3-5-7-12/h3-7,13-16H,2,8-11H2,1H3/t13-,14+,15+/m0/s1. The van der Waals surface area contributed by atoms with Crippen LogP contribution in [0.15, 0.2) is 30.3 Å². The lowest BCUT2D eigenvalue weighted by Crippen LogP contribution is -2.57. The van der Waals surface area contributed by atoms with Gasteiger partial charge in [0, 0.05) is 31.2 Å². The first-order chi connectivity index (χ1) is 8.38. The Morgan fingerprint density at radius 3 is 2.82 bits per heavy atom. The molecule has 3 rings (SSSR count). The minimum atomic E-state index is 0.706. The van der Waals surface area contributed by atoms with Crippen molar-refractivity contribution in [3.8, 4) is 0 Å². The predicted molar refractivity (Wildman–Crippen MR) is 70.9 cm³/mol.